The van der Waals surface area contributed by atoms with Gasteiger partial charge in [-0.3, -0.25) is 14.9 Å². The van der Waals surface area contributed by atoms with Crippen molar-refractivity contribution in [1.29, 1.82) is 0 Å². The molecular formula is C19H22FN3O4S. The van der Waals surface area contributed by atoms with Crippen molar-refractivity contribution in [2.45, 2.75) is 26.4 Å². The lowest BCUT2D eigenvalue weighted by Crippen LogP contribution is -2.34. The van der Waals surface area contributed by atoms with E-state index in [0.717, 1.165) is 6.07 Å². The molecule has 3 amide bonds. The van der Waals surface area contributed by atoms with Gasteiger partial charge < -0.3 is 15.0 Å². The number of halogens is 1. The van der Waals surface area contributed by atoms with E-state index in [1.165, 1.54) is 35.4 Å². The van der Waals surface area contributed by atoms with Crippen molar-refractivity contribution in [3.05, 3.63) is 46.4 Å². The van der Waals surface area contributed by atoms with Gasteiger partial charge in [-0.1, -0.05) is 6.07 Å². The SMILES string of the molecule is CN(CC(=O)Nc1ccc(F)c(NC(=O)OC(C)(C)C)c1)C(=O)c1cccs1. The number of anilines is 2. The maximum atomic E-state index is 13.9. The summed E-state index contributed by atoms with van der Waals surface area (Å²) in [5, 5.41) is 6.66. The molecule has 2 rings (SSSR count). The van der Waals surface area contributed by atoms with Crippen molar-refractivity contribution in [3.8, 4) is 0 Å². The first-order valence-corrected chi connectivity index (χ1v) is 9.31. The Balaban J connectivity index is 1.99. The highest BCUT2D eigenvalue weighted by Gasteiger charge is 2.19. The average Bonchev–Trinajstić information content (AvgIpc) is 3.09. The number of carbonyl (C=O) groups excluding carboxylic acids is 3. The van der Waals surface area contributed by atoms with E-state index in [0.29, 0.717) is 4.88 Å². The van der Waals surface area contributed by atoms with Crippen LogP contribution in [0, 0.1) is 5.82 Å². The molecule has 0 aliphatic heterocycles. The molecule has 28 heavy (non-hydrogen) atoms. The van der Waals surface area contributed by atoms with Gasteiger partial charge in [0.1, 0.15) is 11.4 Å². The molecule has 9 heteroatoms. The van der Waals surface area contributed by atoms with E-state index in [9.17, 15) is 18.8 Å². The molecule has 0 bridgehead atoms. The largest absolute Gasteiger partial charge is 0.444 e. The summed E-state index contributed by atoms with van der Waals surface area (Å²) in [5.41, 5.74) is -0.587. The van der Waals surface area contributed by atoms with Crippen LogP contribution in [0.15, 0.2) is 35.7 Å². The van der Waals surface area contributed by atoms with Gasteiger partial charge in [0.25, 0.3) is 5.91 Å². The zero-order valence-electron chi connectivity index (χ0n) is 16.0. The second-order valence-electron chi connectivity index (χ2n) is 7.01. The molecule has 0 unspecified atom stereocenters. The van der Waals surface area contributed by atoms with E-state index in [2.05, 4.69) is 10.6 Å². The van der Waals surface area contributed by atoms with Gasteiger partial charge in [-0.25, -0.2) is 9.18 Å². The Bertz CT molecular complexity index is 863. The molecule has 1 aromatic carbocycles. The summed E-state index contributed by atoms with van der Waals surface area (Å²) in [4.78, 5) is 38.0. The summed E-state index contributed by atoms with van der Waals surface area (Å²) in [7, 11) is 1.52. The molecular weight excluding hydrogens is 385 g/mol. The van der Waals surface area contributed by atoms with Crippen LogP contribution in [0.5, 0.6) is 0 Å². The standard InChI is InChI=1S/C19H22FN3O4S/c1-19(2,3)27-18(26)22-14-10-12(7-8-13(14)20)21-16(24)11-23(4)17(25)15-6-5-9-28-15/h5-10H,11H2,1-4H3,(H,21,24)(H,22,26). The van der Waals surface area contributed by atoms with Crippen molar-refractivity contribution >= 4 is 40.6 Å². The summed E-state index contributed by atoms with van der Waals surface area (Å²) in [6, 6.07) is 7.18. The first-order valence-electron chi connectivity index (χ1n) is 8.43. The molecule has 1 aromatic heterocycles. The topological polar surface area (TPSA) is 87.7 Å². The number of amides is 3. The molecule has 2 aromatic rings. The Morgan fingerprint density at radius 2 is 1.89 bits per heavy atom. The van der Waals surface area contributed by atoms with Crippen molar-refractivity contribution in [2.75, 3.05) is 24.2 Å². The third kappa shape index (κ3) is 6.34. The van der Waals surface area contributed by atoms with Crippen molar-refractivity contribution in [3.63, 3.8) is 0 Å². The van der Waals surface area contributed by atoms with Crippen LogP contribution in [0.25, 0.3) is 0 Å². The molecule has 7 nitrogen and oxygen atoms in total. The van der Waals surface area contributed by atoms with Crippen molar-refractivity contribution in [1.82, 2.24) is 4.90 Å². The third-order valence-electron chi connectivity index (χ3n) is 3.35. The fourth-order valence-corrected chi connectivity index (χ4v) is 2.91. The maximum absolute atomic E-state index is 13.9. The zero-order valence-corrected chi connectivity index (χ0v) is 16.9. The molecule has 1 heterocycles. The van der Waals surface area contributed by atoms with Crippen LogP contribution >= 0.6 is 11.3 Å². The van der Waals surface area contributed by atoms with Crippen LogP contribution in [-0.2, 0) is 9.53 Å². The van der Waals surface area contributed by atoms with Crippen LogP contribution in [0.1, 0.15) is 30.4 Å². The highest BCUT2D eigenvalue weighted by molar-refractivity contribution is 7.12. The number of benzene rings is 1. The van der Waals surface area contributed by atoms with E-state index in [1.807, 2.05) is 0 Å². The third-order valence-corrected chi connectivity index (χ3v) is 4.20. The molecule has 0 atom stereocenters. The van der Waals surface area contributed by atoms with Gasteiger partial charge in [0, 0.05) is 12.7 Å². The summed E-state index contributed by atoms with van der Waals surface area (Å²) >= 11 is 1.29. The molecule has 0 saturated heterocycles. The number of ether oxygens (including phenoxy) is 1. The maximum Gasteiger partial charge on any atom is 0.412 e. The molecule has 0 aliphatic rings. The quantitative estimate of drug-likeness (QED) is 0.786. The number of carbonyl (C=O) groups is 3. The zero-order chi connectivity index (χ0) is 20.9. The molecule has 0 fully saturated rings. The number of likely N-dealkylation sites (N-methyl/N-ethyl adjacent to an activating group) is 1. The predicted octanol–water partition coefficient (Wildman–Crippen LogP) is 3.94. The van der Waals surface area contributed by atoms with Crippen molar-refractivity contribution in [2.24, 2.45) is 0 Å². The van der Waals surface area contributed by atoms with E-state index < -0.39 is 23.4 Å². The highest BCUT2D eigenvalue weighted by atomic mass is 32.1. The Kier molecular flexibility index (Phi) is 6.74. The molecule has 0 aliphatic carbocycles. The van der Waals surface area contributed by atoms with E-state index in [1.54, 1.807) is 38.3 Å². The fourth-order valence-electron chi connectivity index (χ4n) is 2.19. The highest BCUT2D eigenvalue weighted by Crippen LogP contribution is 2.21. The van der Waals surface area contributed by atoms with Gasteiger partial charge in [-0.05, 0) is 50.4 Å². The molecule has 0 spiro atoms. The monoisotopic (exact) mass is 407 g/mol. The van der Waals surface area contributed by atoms with Crippen LogP contribution in [-0.4, -0.2) is 42.0 Å². The smallest absolute Gasteiger partial charge is 0.412 e. The summed E-state index contributed by atoms with van der Waals surface area (Å²) < 4.78 is 19.0. The minimum absolute atomic E-state index is 0.130. The first-order chi connectivity index (χ1) is 13.0. The van der Waals surface area contributed by atoms with Gasteiger partial charge in [-0.2, -0.15) is 0 Å². The Labute approximate surface area is 166 Å². The lowest BCUT2D eigenvalue weighted by molar-refractivity contribution is -0.116. The second kappa shape index (κ2) is 8.83. The molecule has 0 radical (unpaired) electrons. The minimum atomic E-state index is -0.809. The Hall–Kier alpha value is -2.94. The number of hydrogen-bond acceptors (Lipinski definition) is 5. The molecule has 0 saturated carbocycles. The van der Waals surface area contributed by atoms with Gasteiger partial charge in [0.15, 0.2) is 0 Å². The number of hydrogen-bond donors (Lipinski definition) is 2. The molecule has 150 valence electrons. The van der Waals surface area contributed by atoms with Gasteiger partial charge >= 0.3 is 6.09 Å². The van der Waals surface area contributed by atoms with Crippen LogP contribution in [0.4, 0.5) is 20.6 Å². The van der Waals surface area contributed by atoms with E-state index in [4.69, 9.17) is 4.74 Å². The number of thiophene rings is 1. The van der Waals surface area contributed by atoms with Crippen LogP contribution < -0.4 is 10.6 Å². The second-order valence-corrected chi connectivity index (χ2v) is 7.96. The number of nitrogens with one attached hydrogen (secondary N) is 2. The number of nitrogens with zero attached hydrogens (tertiary/aromatic N) is 1. The van der Waals surface area contributed by atoms with E-state index >= 15 is 0 Å². The summed E-state index contributed by atoms with van der Waals surface area (Å²) in [5.74, 6) is -1.40. The molecule has 2 N–H and O–H groups in total. The first kappa shape index (κ1) is 21.4. The van der Waals surface area contributed by atoms with Gasteiger partial charge in [0.05, 0.1) is 17.1 Å². The van der Waals surface area contributed by atoms with Crippen molar-refractivity contribution < 1.29 is 23.5 Å². The van der Waals surface area contributed by atoms with Crippen LogP contribution in [0.3, 0.4) is 0 Å². The summed E-state index contributed by atoms with van der Waals surface area (Å²) in [6.07, 6.45) is -0.809. The lowest BCUT2D eigenvalue weighted by Gasteiger charge is -2.20. The predicted molar refractivity (Wildman–Crippen MR) is 106 cm³/mol. The van der Waals surface area contributed by atoms with Crippen LogP contribution in [0.2, 0.25) is 0 Å². The average molecular weight is 407 g/mol. The van der Waals surface area contributed by atoms with Gasteiger partial charge in [-0.15, -0.1) is 11.3 Å². The summed E-state index contributed by atoms with van der Waals surface area (Å²) in [6.45, 7) is 4.89. The number of rotatable bonds is 5. The fraction of sp³-hybridized carbons (Fsp3) is 0.316. The normalized spacial score (nSPS) is 10.9. The lowest BCUT2D eigenvalue weighted by atomic mass is 10.2. The minimum Gasteiger partial charge on any atom is -0.444 e. The van der Waals surface area contributed by atoms with Gasteiger partial charge in [0.2, 0.25) is 5.91 Å². The Morgan fingerprint density at radius 3 is 2.50 bits per heavy atom. The Morgan fingerprint density at radius 1 is 1.18 bits per heavy atom. The van der Waals surface area contributed by atoms with E-state index in [-0.39, 0.29) is 23.8 Å².